The molecule has 4 rings (SSSR count). The number of aromatic amines is 1. The average Bonchev–Trinajstić information content (AvgIpc) is 3.34. The van der Waals surface area contributed by atoms with Crippen LogP contribution < -0.4 is 4.74 Å². The van der Waals surface area contributed by atoms with E-state index in [-0.39, 0.29) is 23.6 Å². The highest BCUT2D eigenvalue weighted by molar-refractivity contribution is 6.46. The zero-order chi connectivity index (χ0) is 26.7. The van der Waals surface area contributed by atoms with Crippen molar-refractivity contribution in [3.05, 3.63) is 57.9 Å². The first-order valence-electron chi connectivity index (χ1n) is 12.4. The lowest BCUT2D eigenvalue weighted by atomic mass is 9.94. The number of aryl methyl sites for hydroxylation is 1. The van der Waals surface area contributed by atoms with Crippen LogP contribution in [0.5, 0.6) is 5.75 Å². The van der Waals surface area contributed by atoms with Crippen molar-refractivity contribution in [1.29, 1.82) is 0 Å². The average molecular weight is 512 g/mol. The zero-order valence-electron chi connectivity index (χ0n) is 21.6. The molecule has 2 aliphatic heterocycles. The molecule has 1 unspecified atom stereocenters. The van der Waals surface area contributed by atoms with Crippen molar-refractivity contribution in [1.82, 2.24) is 14.8 Å². The van der Waals surface area contributed by atoms with Gasteiger partial charge < -0.3 is 29.2 Å². The fourth-order valence-corrected chi connectivity index (χ4v) is 4.96. The minimum absolute atomic E-state index is 0.0160. The molecule has 0 radical (unpaired) electrons. The van der Waals surface area contributed by atoms with Gasteiger partial charge in [-0.1, -0.05) is 12.1 Å². The molecule has 2 saturated heterocycles. The monoisotopic (exact) mass is 511 g/mol. The predicted octanol–water partition coefficient (Wildman–Crippen LogP) is 2.57. The van der Waals surface area contributed by atoms with Crippen LogP contribution in [0.15, 0.2) is 29.8 Å². The molecule has 1 amide bonds. The minimum atomic E-state index is -0.799. The Morgan fingerprint density at radius 3 is 2.43 bits per heavy atom. The van der Waals surface area contributed by atoms with Gasteiger partial charge in [0.1, 0.15) is 17.2 Å². The summed E-state index contributed by atoms with van der Waals surface area (Å²) in [5.74, 6) is -1.69. The van der Waals surface area contributed by atoms with Crippen molar-refractivity contribution in [2.75, 3.05) is 53.1 Å². The number of carbonyl (C=O) groups is 3. The van der Waals surface area contributed by atoms with Gasteiger partial charge in [0, 0.05) is 37.4 Å². The van der Waals surface area contributed by atoms with Gasteiger partial charge in [0.2, 0.25) is 0 Å². The van der Waals surface area contributed by atoms with E-state index >= 15 is 0 Å². The van der Waals surface area contributed by atoms with Crippen LogP contribution in [-0.4, -0.2) is 90.7 Å². The normalized spacial score (nSPS) is 19.9. The second kappa shape index (κ2) is 11.2. The van der Waals surface area contributed by atoms with E-state index in [0.717, 1.165) is 13.1 Å². The molecule has 3 heterocycles. The Morgan fingerprint density at radius 1 is 1.14 bits per heavy atom. The molecule has 198 valence electrons. The number of hydrogen-bond acceptors (Lipinski definition) is 8. The van der Waals surface area contributed by atoms with Crippen molar-refractivity contribution in [2.45, 2.75) is 26.8 Å². The molecule has 1 atom stereocenters. The summed E-state index contributed by atoms with van der Waals surface area (Å²) in [5, 5.41) is 11.5. The van der Waals surface area contributed by atoms with E-state index in [1.807, 2.05) is 0 Å². The van der Waals surface area contributed by atoms with Gasteiger partial charge in [-0.15, -0.1) is 0 Å². The molecule has 2 aromatic rings. The number of ketones is 1. The maximum absolute atomic E-state index is 13.4. The largest absolute Gasteiger partial charge is 0.507 e. The number of nitrogens with zero attached hydrogens (tertiary/aromatic N) is 2. The Kier molecular flexibility index (Phi) is 7.99. The van der Waals surface area contributed by atoms with Crippen molar-refractivity contribution < 1.29 is 33.7 Å². The van der Waals surface area contributed by atoms with Gasteiger partial charge >= 0.3 is 5.97 Å². The van der Waals surface area contributed by atoms with Crippen LogP contribution in [0, 0.1) is 13.8 Å². The smallest absolute Gasteiger partial charge is 0.355 e. The molecule has 0 saturated carbocycles. The molecule has 2 N–H and O–H groups in total. The minimum Gasteiger partial charge on any atom is -0.507 e. The summed E-state index contributed by atoms with van der Waals surface area (Å²) in [7, 11) is 1.56. The third-order valence-corrected chi connectivity index (χ3v) is 6.89. The number of rotatable bonds is 8. The van der Waals surface area contributed by atoms with Gasteiger partial charge in [0.05, 0.1) is 38.5 Å². The highest BCUT2D eigenvalue weighted by Gasteiger charge is 2.46. The number of benzene rings is 1. The Bertz CT molecular complexity index is 1210. The molecule has 0 aliphatic carbocycles. The number of likely N-dealkylation sites (tertiary alicyclic amines) is 1. The standard InChI is InChI=1S/C27H33N3O7/c1-5-37-27(34)22-16(2)20(17(3)28-22)24(31)21-23(18-6-8-19(35-4)9-7-18)30(26(33)25(21)32)11-10-29-12-14-36-15-13-29/h6-9,23,28,31H,5,10-15H2,1-4H3/b24-21+. The maximum atomic E-state index is 13.4. The lowest BCUT2D eigenvalue weighted by Crippen LogP contribution is -2.42. The quantitative estimate of drug-likeness (QED) is 0.240. The van der Waals surface area contributed by atoms with Crippen LogP contribution in [0.2, 0.25) is 0 Å². The summed E-state index contributed by atoms with van der Waals surface area (Å²) in [6, 6.07) is 6.27. The molecule has 1 aromatic carbocycles. The lowest BCUT2D eigenvalue weighted by Gasteiger charge is -2.31. The van der Waals surface area contributed by atoms with Crippen molar-refractivity contribution in [2.24, 2.45) is 0 Å². The summed E-state index contributed by atoms with van der Waals surface area (Å²) >= 11 is 0. The van der Waals surface area contributed by atoms with Gasteiger partial charge in [-0.3, -0.25) is 14.5 Å². The van der Waals surface area contributed by atoms with Crippen molar-refractivity contribution in [3.8, 4) is 5.75 Å². The van der Waals surface area contributed by atoms with Crippen molar-refractivity contribution in [3.63, 3.8) is 0 Å². The number of aliphatic hydroxyl groups is 1. The number of morpholine rings is 1. The van der Waals surface area contributed by atoms with Gasteiger partial charge in [-0.05, 0) is 44.0 Å². The SMILES string of the molecule is CCOC(=O)c1[nH]c(C)c(/C(O)=C2\C(=O)C(=O)N(CCN3CCOCC3)C2c2ccc(OC)cc2)c1C. The first-order chi connectivity index (χ1) is 17.8. The fourth-order valence-electron chi connectivity index (χ4n) is 4.96. The molecule has 0 bridgehead atoms. The topological polar surface area (TPSA) is 121 Å². The third-order valence-electron chi connectivity index (χ3n) is 6.89. The molecular weight excluding hydrogens is 478 g/mol. The molecule has 2 aliphatic rings. The Morgan fingerprint density at radius 2 is 1.81 bits per heavy atom. The van der Waals surface area contributed by atoms with E-state index in [4.69, 9.17) is 14.2 Å². The molecule has 1 aromatic heterocycles. The zero-order valence-corrected chi connectivity index (χ0v) is 21.6. The van der Waals surface area contributed by atoms with Gasteiger partial charge in [0.25, 0.3) is 11.7 Å². The van der Waals surface area contributed by atoms with Crippen LogP contribution in [0.4, 0.5) is 0 Å². The number of hydrogen-bond donors (Lipinski definition) is 2. The Hall–Kier alpha value is -3.63. The van der Waals surface area contributed by atoms with Crippen LogP contribution >= 0.6 is 0 Å². The highest BCUT2D eigenvalue weighted by Crippen LogP contribution is 2.41. The number of aliphatic hydroxyl groups excluding tert-OH is 1. The third kappa shape index (κ3) is 5.12. The van der Waals surface area contributed by atoms with E-state index in [2.05, 4.69) is 9.88 Å². The van der Waals surface area contributed by atoms with E-state index in [0.29, 0.717) is 54.4 Å². The van der Waals surface area contributed by atoms with Crippen molar-refractivity contribution >= 4 is 23.4 Å². The summed E-state index contributed by atoms with van der Waals surface area (Å²) in [5.41, 5.74) is 2.10. The Balaban J connectivity index is 1.79. The second-order valence-corrected chi connectivity index (χ2v) is 9.07. The molecule has 37 heavy (non-hydrogen) atoms. The summed E-state index contributed by atoms with van der Waals surface area (Å²) in [6.45, 7) is 8.87. The molecule has 0 spiro atoms. The lowest BCUT2D eigenvalue weighted by molar-refractivity contribution is -0.140. The maximum Gasteiger partial charge on any atom is 0.355 e. The van der Waals surface area contributed by atoms with E-state index in [1.54, 1.807) is 52.1 Å². The molecule has 10 heteroatoms. The summed E-state index contributed by atoms with van der Waals surface area (Å²) in [4.78, 5) is 45.7. The number of nitrogens with one attached hydrogen (secondary N) is 1. The number of H-pyrrole nitrogens is 1. The summed E-state index contributed by atoms with van der Waals surface area (Å²) in [6.07, 6.45) is 0. The van der Waals surface area contributed by atoms with Crippen LogP contribution in [-0.2, 0) is 19.1 Å². The first-order valence-corrected chi connectivity index (χ1v) is 12.4. The Labute approximate surface area is 215 Å². The van der Waals surface area contributed by atoms with Crippen LogP contribution in [0.25, 0.3) is 5.76 Å². The second-order valence-electron chi connectivity index (χ2n) is 9.07. The van der Waals surface area contributed by atoms with E-state index < -0.39 is 23.7 Å². The number of amides is 1. The number of aromatic nitrogens is 1. The van der Waals surface area contributed by atoms with Crippen LogP contribution in [0.3, 0.4) is 0 Å². The number of ether oxygens (including phenoxy) is 3. The first kappa shape index (κ1) is 26.4. The molecule has 2 fully saturated rings. The van der Waals surface area contributed by atoms with E-state index in [9.17, 15) is 19.5 Å². The summed E-state index contributed by atoms with van der Waals surface area (Å²) < 4.78 is 15.8. The molecule has 10 nitrogen and oxygen atoms in total. The van der Waals surface area contributed by atoms with Gasteiger partial charge in [0.15, 0.2) is 0 Å². The molecular formula is C27H33N3O7. The number of Topliss-reactive ketones (excluding diaryl/α,β-unsaturated/α-hetero) is 1. The predicted molar refractivity (Wildman–Crippen MR) is 135 cm³/mol. The number of esters is 1. The fraction of sp³-hybridized carbons (Fsp3) is 0.444. The highest BCUT2D eigenvalue weighted by atomic mass is 16.5. The number of methoxy groups -OCH3 is 1. The van der Waals surface area contributed by atoms with Crippen LogP contribution in [0.1, 0.15) is 45.8 Å². The van der Waals surface area contributed by atoms with E-state index in [1.165, 1.54) is 4.90 Å². The van der Waals surface area contributed by atoms with Gasteiger partial charge in [-0.2, -0.15) is 0 Å². The number of carbonyl (C=O) groups excluding carboxylic acids is 3. The van der Waals surface area contributed by atoms with Gasteiger partial charge in [-0.25, -0.2) is 4.79 Å².